The van der Waals surface area contributed by atoms with Gasteiger partial charge in [-0.25, -0.2) is 13.4 Å². The summed E-state index contributed by atoms with van der Waals surface area (Å²) in [5, 5.41) is 0. The molecule has 0 bridgehead atoms. The fourth-order valence-electron chi connectivity index (χ4n) is 1.16. The van der Waals surface area contributed by atoms with Gasteiger partial charge in [-0.05, 0) is 6.42 Å². The van der Waals surface area contributed by atoms with Crippen LogP contribution in [-0.2, 0) is 16.4 Å². The van der Waals surface area contributed by atoms with Crippen molar-refractivity contribution in [1.29, 1.82) is 0 Å². The molecule has 0 saturated carbocycles. The molecule has 14 heavy (non-hydrogen) atoms. The maximum Gasteiger partial charge on any atom is 0.152 e. The summed E-state index contributed by atoms with van der Waals surface area (Å²) in [6, 6.07) is 0. The molecule has 0 aliphatic rings. The van der Waals surface area contributed by atoms with Gasteiger partial charge in [0, 0.05) is 18.5 Å². The first-order valence-electron chi connectivity index (χ1n) is 4.51. The highest BCUT2D eigenvalue weighted by Crippen LogP contribution is 1.99. The Hall–Kier alpha value is -1.04. The Labute approximate surface area is 83.9 Å². The third-order valence-electron chi connectivity index (χ3n) is 1.83. The second-order valence-corrected chi connectivity index (χ2v) is 5.49. The summed E-state index contributed by atoms with van der Waals surface area (Å²) >= 11 is 0. The number of nitrogens with zero attached hydrogens (tertiary/aromatic N) is 2. The number of imidazole rings is 1. The first-order valence-corrected chi connectivity index (χ1v) is 6.33. The van der Waals surface area contributed by atoms with Crippen molar-refractivity contribution in [3.63, 3.8) is 0 Å². The molecule has 1 aromatic heterocycles. The summed E-state index contributed by atoms with van der Waals surface area (Å²) in [5.74, 6) is 0.811. The van der Waals surface area contributed by atoms with Crippen LogP contribution in [0.2, 0.25) is 0 Å². The number of aryl methyl sites for hydroxylation is 1. The molecule has 0 aliphatic carbocycles. The minimum Gasteiger partial charge on any atom is -0.382 e. The van der Waals surface area contributed by atoms with Crippen molar-refractivity contribution in [2.75, 3.05) is 17.2 Å². The van der Waals surface area contributed by atoms with Gasteiger partial charge in [0.2, 0.25) is 0 Å². The predicted molar refractivity (Wildman–Crippen MR) is 55.6 cm³/mol. The summed E-state index contributed by atoms with van der Waals surface area (Å²) in [5.41, 5.74) is 5.40. The van der Waals surface area contributed by atoms with E-state index in [2.05, 4.69) is 4.98 Å². The maximum atomic E-state index is 11.3. The molecule has 0 fully saturated rings. The molecule has 1 heterocycles. The van der Waals surface area contributed by atoms with Crippen LogP contribution in [0, 0.1) is 0 Å². The van der Waals surface area contributed by atoms with Gasteiger partial charge in [-0.2, -0.15) is 0 Å². The van der Waals surface area contributed by atoms with Crippen LogP contribution >= 0.6 is 0 Å². The number of anilines is 1. The highest BCUT2D eigenvalue weighted by Gasteiger charge is 2.08. The number of hydrogen-bond acceptors (Lipinski definition) is 4. The van der Waals surface area contributed by atoms with E-state index in [1.54, 1.807) is 10.8 Å². The molecule has 6 heteroatoms. The van der Waals surface area contributed by atoms with Gasteiger partial charge in [-0.15, -0.1) is 0 Å². The van der Waals surface area contributed by atoms with Crippen molar-refractivity contribution in [3.8, 4) is 0 Å². The molecule has 80 valence electrons. The highest BCUT2D eigenvalue weighted by molar-refractivity contribution is 7.91. The van der Waals surface area contributed by atoms with Crippen LogP contribution in [0.5, 0.6) is 0 Å². The molecule has 0 amide bonds. The summed E-state index contributed by atoms with van der Waals surface area (Å²) in [6.45, 7) is 2.28. The lowest BCUT2D eigenvalue weighted by Gasteiger charge is -2.02. The van der Waals surface area contributed by atoms with E-state index in [-0.39, 0.29) is 11.5 Å². The van der Waals surface area contributed by atoms with Gasteiger partial charge in [0.05, 0.1) is 12.1 Å². The zero-order valence-corrected chi connectivity index (χ0v) is 9.00. The third-order valence-corrected chi connectivity index (χ3v) is 3.66. The predicted octanol–water partition coefficient (Wildman–Crippen LogP) is 0.290. The number of nitrogen functional groups attached to an aromatic ring is 1. The second-order valence-electron chi connectivity index (χ2n) is 3.19. The largest absolute Gasteiger partial charge is 0.382 e. The molecule has 5 nitrogen and oxygen atoms in total. The van der Waals surface area contributed by atoms with Crippen LogP contribution in [0.4, 0.5) is 5.82 Å². The van der Waals surface area contributed by atoms with E-state index in [1.165, 1.54) is 6.33 Å². The lowest BCUT2D eigenvalue weighted by molar-refractivity contribution is 0.587. The standard InChI is InChI=1S/C8H15N3O2S/c1-2-4-14(12,13)5-3-11-6-8(9)10-7-11/h6-7H,2-5,9H2,1H3. The summed E-state index contributed by atoms with van der Waals surface area (Å²) in [7, 11) is -2.91. The minimum atomic E-state index is -2.91. The van der Waals surface area contributed by atoms with Crippen molar-refractivity contribution in [2.24, 2.45) is 0 Å². The maximum absolute atomic E-state index is 11.3. The Bertz CT molecular complexity index is 383. The lowest BCUT2D eigenvalue weighted by Crippen LogP contribution is -2.15. The average Bonchev–Trinajstić information content (AvgIpc) is 2.48. The van der Waals surface area contributed by atoms with Gasteiger partial charge < -0.3 is 10.3 Å². The van der Waals surface area contributed by atoms with Gasteiger partial charge in [0.15, 0.2) is 9.84 Å². The van der Waals surface area contributed by atoms with E-state index in [1.807, 2.05) is 6.92 Å². The van der Waals surface area contributed by atoms with Crippen molar-refractivity contribution < 1.29 is 8.42 Å². The van der Waals surface area contributed by atoms with E-state index in [9.17, 15) is 8.42 Å². The zero-order chi connectivity index (χ0) is 10.6. The molecule has 1 rings (SSSR count). The SMILES string of the molecule is CCCS(=O)(=O)CCn1cnc(N)c1. The van der Waals surface area contributed by atoms with Crippen molar-refractivity contribution >= 4 is 15.7 Å². The summed E-state index contributed by atoms with van der Waals surface area (Å²) < 4.78 is 24.4. The number of nitrogens with two attached hydrogens (primary N) is 1. The molecule has 0 spiro atoms. The fourth-order valence-corrected chi connectivity index (χ4v) is 2.47. The highest BCUT2D eigenvalue weighted by atomic mass is 32.2. The monoisotopic (exact) mass is 217 g/mol. The molecule has 0 atom stereocenters. The topological polar surface area (TPSA) is 78.0 Å². The van der Waals surface area contributed by atoms with Crippen LogP contribution in [-0.4, -0.2) is 29.5 Å². The smallest absolute Gasteiger partial charge is 0.152 e. The molecular weight excluding hydrogens is 202 g/mol. The van der Waals surface area contributed by atoms with Crippen LogP contribution in [0.15, 0.2) is 12.5 Å². The normalized spacial score (nSPS) is 11.8. The number of aromatic nitrogens is 2. The summed E-state index contributed by atoms with van der Waals surface area (Å²) in [6.07, 6.45) is 3.83. The number of rotatable bonds is 5. The average molecular weight is 217 g/mol. The number of hydrogen-bond donors (Lipinski definition) is 1. The van der Waals surface area contributed by atoms with E-state index >= 15 is 0 Å². The van der Waals surface area contributed by atoms with Crippen LogP contribution < -0.4 is 5.73 Å². The molecule has 0 aromatic carbocycles. The number of sulfone groups is 1. The second kappa shape index (κ2) is 4.45. The van der Waals surface area contributed by atoms with Crippen molar-refractivity contribution in [1.82, 2.24) is 9.55 Å². The van der Waals surface area contributed by atoms with Gasteiger partial charge in [-0.3, -0.25) is 0 Å². The Morgan fingerprint density at radius 1 is 1.50 bits per heavy atom. The van der Waals surface area contributed by atoms with Crippen LogP contribution in [0.25, 0.3) is 0 Å². The first kappa shape index (κ1) is 11.0. The van der Waals surface area contributed by atoms with E-state index < -0.39 is 9.84 Å². The van der Waals surface area contributed by atoms with E-state index in [0.29, 0.717) is 18.8 Å². The summed E-state index contributed by atoms with van der Waals surface area (Å²) in [4.78, 5) is 3.81. The minimum absolute atomic E-state index is 0.149. The van der Waals surface area contributed by atoms with E-state index in [0.717, 1.165) is 0 Å². The Morgan fingerprint density at radius 3 is 2.71 bits per heavy atom. The first-order chi connectivity index (χ1) is 6.53. The molecule has 0 saturated heterocycles. The van der Waals surface area contributed by atoms with Gasteiger partial charge >= 0.3 is 0 Å². The fraction of sp³-hybridized carbons (Fsp3) is 0.625. The molecule has 2 N–H and O–H groups in total. The van der Waals surface area contributed by atoms with Gasteiger partial charge in [0.25, 0.3) is 0 Å². The Kier molecular flexibility index (Phi) is 3.51. The van der Waals surface area contributed by atoms with Crippen molar-refractivity contribution in [3.05, 3.63) is 12.5 Å². The Balaban J connectivity index is 2.48. The zero-order valence-electron chi connectivity index (χ0n) is 8.18. The van der Waals surface area contributed by atoms with Crippen molar-refractivity contribution in [2.45, 2.75) is 19.9 Å². The van der Waals surface area contributed by atoms with E-state index in [4.69, 9.17) is 5.73 Å². The third kappa shape index (κ3) is 3.37. The molecule has 0 radical (unpaired) electrons. The molecule has 1 aromatic rings. The molecule has 0 aliphatic heterocycles. The van der Waals surface area contributed by atoms with Gasteiger partial charge in [-0.1, -0.05) is 6.92 Å². The van der Waals surface area contributed by atoms with Gasteiger partial charge in [0.1, 0.15) is 5.82 Å². The van der Waals surface area contributed by atoms with Crippen LogP contribution in [0.1, 0.15) is 13.3 Å². The molecular formula is C8H15N3O2S. The Morgan fingerprint density at radius 2 is 2.21 bits per heavy atom. The van der Waals surface area contributed by atoms with Crippen LogP contribution in [0.3, 0.4) is 0 Å². The lowest BCUT2D eigenvalue weighted by atomic mass is 10.6. The molecule has 0 unspecified atom stereocenters. The quantitative estimate of drug-likeness (QED) is 0.769.